The largest absolute Gasteiger partial charge is 0.507 e. The van der Waals surface area contributed by atoms with Crippen LogP contribution in [0.15, 0.2) is 94.5 Å². The van der Waals surface area contributed by atoms with Crippen molar-refractivity contribution in [2.45, 2.75) is 0 Å². The van der Waals surface area contributed by atoms with Gasteiger partial charge < -0.3 is 9.84 Å². The Morgan fingerprint density at radius 2 is 1.59 bits per heavy atom. The van der Waals surface area contributed by atoms with Crippen LogP contribution in [-0.4, -0.2) is 23.2 Å². The van der Waals surface area contributed by atoms with Crippen molar-refractivity contribution in [1.29, 1.82) is 0 Å². The minimum Gasteiger partial charge on any atom is -0.507 e. The number of ether oxygens (including phenoxy) is 1. The van der Waals surface area contributed by atoms with E-state index in [1.165, 1.54) is 12.3 Å². The van der Waals surface area contributed by atoms with Crippen LogP contribution in [0.1, 0.15) is 26.3 Å². The second-order valence-electron chi connectivity index (χ2n) is 6.85. The average Bonchev–Trinajstić information content (AvgIpc) is 2.80. The number of fused-ring (bicyclic) bond motifs is 1. The highest BCUT2D eigenvalue weighted by Gasteiger charge is 2.13. The van der Waals surface area contributed by atoms with Crippen LogP contribution in [0.5, 0.6) is 11.5 Å². The molecule has 0 heterocycles. The van der Waals surface area contributed by atoms with Crippen LogP contribution in [-0.2, 0) is 0 Å². The monoisotopic (exact) mass is 488 g/mol. The van der Waals surface area contributed by atoms with Crippen LogP contribution in [0.4, 0.5) is 0 Å². The normalized spacial score (nSPS) is 10.9. The van der Waals surface area contributed by atoms with E-state index in [0.29, 0.717) is 11.1 Å². The number of phenolic OH excluding ortho intramolecular Hbond substituents is 1. The van der Waals surface area contributed by atoms with Gasteiger partial charge in [-0.2, -0.15) is 5.10 Å². The molecule has 0 saturated carbocycles. The van der Waals surface area contributed by atoms with Gasteiger partial charge in [-0.15, -0.1) is 0 Å². The number of nitrogens with zero attached hydrogens (tertiary/aromatic N) is 1. The fourth-order valence-electron chi connectivity index (χ4n) is 3.08. The summed E-state index contributed by atoms with van der Waals surface area (Å²) in [4.78, 5) is 24.9. The first-order chi connectivity index (χ1) is 15.5. The van der Waals surface area contributed by atoms with E-state index >= 15 is 0 Å². The molecule has 7 heteroatoms. The van der Waals surface area contributed by atoms with Crippen molar-refractivity contribution in [3.05, 3.63) is 106 Å². The predicted molar refractivity (Wildman–Crippen MR) is 126 cm³/mol. The molecule has 0 unspecified atom stereocenters. The number of hydrazone groups is 1. The number of carbonyl (C=O) groups excluding carboxylic acids is 2. The summed E-state index contributed by atoms with van der Waals surface area (Å²) in [7, 11) is 0. The zero-order valence-electron chi connectivity index (χ0n) is 16.7. The Hall–Kier alpha value is -3.97. The third-order valence-electron chi connectivity index (χ3n) is 4.66. The van der Waals surface area contributed by atoms with Gasteiger partial charge >= 0.3 is 5.97 Å². The van der Waals surface area contributed by atoms with E-state index in [-0.39, 0.29) is 17.1 Å². The second-order valence-corrected chi connectivity index (χ2v) is 7.77. The fraction of sp³-hybridized carbons (Fsp3) is 0. The minimum absolute atomic E-state index is 0.103. The number of carbonyl (C=O) groups is 2. The molecule has 4 rings (SSSR count). The number of halogens is 1. The molecule has 4 aromatic rings. The summed E-state index contributed by atoms with van der Waals surface area (Å²) < 4.78 is 6.24. The number of esters is 1. The molecule has 0 aliphatic carbocycles. The first-order valence-corrected chi connectivity index (χ1v) is 10.4. The molecule has 32 heavy (non-hydrogen) atoms. The fourth-order valence-corrected chi connectivity index (χ4v) is 3.46. The molecule has 0 atom stereocenters. The van der Waals surface area contributed by atoms with Crippen molar-refractivity contribution < 1.29 is 19.4 Å². The van der Waals surface area contributed by atoms with E-state index in [0.717, 1.165) is 15.2 Å². The summed E-state index contributed by atoms with van der Waals surface area (Å²) in [5.41, 5.74) is 3.40. The van der Waals surface area contributed by atoms with Crippen LogP contribution in [0.3, 0.4) is 0 Å². The van der Waals surface area contributed by atoms with E-state index in [2.05, 4.69) is 26.5 Å². The van der Waals surface area contributed by atoms with Crippen molar-refractivity contribution in [2.24, 2.45) is 5.10 Å². The molecule has 0 bridgehead atoms. The maximum Gasteiger partial charge on any atom is 0.343 e. The Morgan fingerprint density at radius 1 is 0.906 bits per heavy atom. The molecular formula is C25H17BrN2O4. The average molecular weight is 489 g/mol. The van der Waals surface area contributed by atoms with Gasteiger partial charge in [0.15, 0.2) is 0 Å². The van der Waals surface area contributed by atoms with Crippen molar-refractivity contribution >= 4 is 44.8 Å². The Morgan fingerprint density at radius 3 is 2.34 bits per heavy atom. The minimum atomic E-state index is -0.567. The van der Waals surface area contributed by atoms with Crippen molar-refractivity contribution in [3.8, 4) is 11.5 Å². The summed E-state index contributed by atoms with van der Waals surface area (Å²) in [5, 5.41) is 15.8. The van der Waals surface area contributed by atoms with Crippen LogP contribution < -0.4 is 10.2 Å². The number of hydrogen-bond acceptors (Lipinski definition) is 5. The molecule has 158 valence electrons. The SMILES string of the molecule is O=C(Oc1ccc(Br)cc1/C=N/NC(=O)c1cc2ccccc2cc1O)c1ccccc1. The Labute approximate surface area is 192 Å². The molecule has 0 aliphatic rings. The van der Waals surface area contributed by atoms with Gasteiger partial charge in [0.1, 0.15) is 11.5 Å². The molecule has 0 radical (unpaired) electrons. The summed E-state index contributed by atoms with van der Waals surface area (Å²) >= 11 is 3.37. The van der Waals surface area contributed by atoms with Gasteiger partial charge in [-0.05, 0) is 53.2 Å². The highest BCUT2D eigenvalue weighted by molar-refractivity contribution is 9.10. The van der Waals surface area contributed by atoms with E-state index < -0.39 is 11.9 Å². The highest BCUT2D eigenvalue weighted by atomic mass is 79.9. The molecule has 0 fully saturated rings. The van der Waals surface area contributed by atoms with Crippen LogP contribution in [0.2, 0.25) is 0 Å². The molecule has 6 nitrogen and oxygen atoms in total. The first-order valence-electron chi connectivity index (χ1n) is 9.63. The first kappa shape index (κ1) is 21.3. The lowest BCUT2D eigenvalue weighted by Crippen LogP contribution is -2.18. The molecule has 0 spiro atoms. The Bertz CT molecular complexity index is 1340. The maximum atomic E-state index is 12.5. The number of hydrogen-bond donors (Lipinski definition) is 2. The van der Waals surface area contributed by atoms with Crippen molar-refractivity contribution in [2.75, 3.05) is 0 Å². The third kappa shape index (κ3) is 4.84. The van der Waals surface area contributed by atoms with E-state index in [4.69, 9.17) is 4.74 Å². The van der Waals surface area contributed by atoms with Gasteiger partial charge in [-0.3, -0.25) is 4.79 Å². The number of nitrogens with one attached hydrogen (secondary N) is 1. The standard InChI is InChI=1S/C25H17BrN2O4/c26-20-10-11-23(32-25(31)16-6-2-1-3-7-16)19(12-20)15-27-28-24(30)21-13-17-8-4-5-9-18(17)14-22(21)29/h1-15,29H,(H,28,30)/b27-15+. The van der Waals surface area contributed by atoms with Gasteiger partial charge in [-0.1, -0.05) is 58.4 Å². The number of amides is 1. The summed E-state index contributed by atoms with van der Waals surface area (Å²) in [6.45, 7) is 0. The maximum absolute atomic E-state index is 12.5. The Kier molecular flexibility index (Phi) is 6.28. The second kappa shape index (κ2) is 9.45. The zero-order chi connectivity index (χ0) is 22.5. The molecule has 1 amide bonds. The summed E-state index contributed by atoms with van der Waals surface area (Å²) in [5.74, 6) is -0.931. The predicted octanol–water partition coefficient (Wildman–Crippen LogP) is 5.29. The number of aromatic hydroxyl groups is 1. The molecular weight excluding hydrogens is 472 g/mol. The van der Waals surface area contributed by atoms with Gasteiger partial charge in [-0.25, -0.2) is 10.2 Å². The summed E-state index contributed by atoms with van der Waals surface area (Å²) in [6.07, 6.45) is 1.37. The molecule has 0 saturated heterocycles. The quantitative estimate of drug-likeness (QED) is 0.173. The lowest BCUT2D eigenvalue weighted by atomic mass is 10.1. The smallest absolute Gasteiger partial charge is 0.343 e. The van der Waals surface area contributed by atoms with Crippen molar-refractivity contribution in [3.63, 3.8) is 0 Å². The van der Waals surface area contributed by atoms with Gasteiger partial charge in [0, 0.05) is 10.0 Å². The van der Waals surface area contributed by atoms with Crippen LogP contribution in [0.25, 0.3) is 10.8 Å². The molecule has 4 aromatic carbocycles. The van der Waals surface area contributed by atoms with E-state index in [9.17, 15) is 14.7 Å². The highest BCUT2D eigenvalue weighted by Crippen LogP contribution is 2.25. The van der Waals surface area contributed by atoms with Gasteiger partial charge in [0.25, 0.3) is 5.91 Å². The molecule has 0 aromatic heterocycles. The zero-order valence-corrected chi connectivity index (χ0v) is 18.2. The number of phenols is 1. The van der Waals surface area contributed by atoms with Crippen LogP contribution >= 0.6 is 15.9 Å². The number of benzene rings is 4. The molecule has 0 aliphatic heterocycles. The van der Waals surface area contributed by atoms with E-state index in [1.54, 1.807) is 48.5 Å². The van der Waals surface area contributed by atoms with E-state index in [1.807, 2.05) is 30.3 Å². The topological polar surface area (TPSA) is 88.0 Å². The van der Waals surface area contributed by atoms with Crippen LogP contribution in [0, 0.1) is 0 Å². The Balaban J connectivity index is 1.52. The number of rotatable bonds is 5. The van der Waals surface area contributed by atoms with Crippen molar-refractivity contribution in [1.82, 2.24) is 5.43 Å². The lowest BCUT2D eigenvalue weighted by molar-refractivity contribution is 0.0734. The summed E-state index contributed by atoms with van der Waals surface area (Å²) in [6, 6.07) is 24.2. The lowest BCUT2D eigenvalue weighted by Gasteiger charge is -2.08. The molecule has 2 N–H and O–H groups in total. The van der Waals surface area contributed by atoms with Gasteiger partial charge in [0.2, 0.25) is 0 Å². The van der Waals surface area contributed by atoms with Gasteiger partial charge in [0.05, 0.1) is 17.3 Å². The third-order valence-corrected chi connectivity index (χ3v) is 5.16.